The van der Waals surface area contributed by atoms with E-state index in [1.807, 2.05) is 42.8 Å². The Morgan fingerprint density at radius 2 is 1.63 bits per heavy atom. The molecule has 0 spiro atoms. The van der Waals surface area contributed by atoms with Crippen molar-refractivity contribution in [3.8, 4) is 0 Å². The van der Waals surface area contributed by atoms with Crippen LogP contribution in [-0.2, 0) is 32.0 Å². The molecule has 3 aromatic rings. The van der Waals surface area contributed by atoms with Gasteiger partial charge in [-0.3, -0.25) is 14.4 Å². The van der Waals surface area contributed by atoms with Crippen molar-refractivity contribution in [3.05, 3.63) is 71.9 Å². The molecule has 1 fully saturated rings. The minimum atomic E-state index is -1.16. The molecule has 2 heterocycles. The summed E-state index contributed by atoms with van der Waals surface area (Å²) in [6.07, 6.45) is 5.90. The number of fused-ring (bicyclic) bond motifs is 1. The van der Waals surface area contributed by atoms with Gasteiger partial charge in [-0.15, -0.1) is 0 Å². The van der Waals surface area contributed by atoms with Crippen LogP contribution in [0.3, 0.4) is 0 Å². The number of rotatable bonds is 14. The molecular formula is C30H37N5O5S. The summed E-state index contributed by atoms with van der Waals surface area (Å²) in [7, 11) is 0. The summed E-state index contributed by atoms with van der Waals surface area (Å²) in [4.78, 5) is 55.2. The van der Waals surface area contributed by atoms with E-state index in [1.54, 1.807) is 24.3 Å². The van der Waals surface area contributed by atoms with E-state index >= 15 is 0 Å². The van der Waals surface area contributed by atoms with E-state index < -0.39 is 35.9 Å². The summed E-state index contributed by atoms with van der Waals surface area (Å²) in [6.45, 7) is 0.738. The lowest BCUT2D eigenvalue weighted by Gasteiger charge is -2.25. The number of benzene rings is 2. The highest BCUT2D eigenvalue weighted by molar-refractivity contribution is 7.98. The van der Waals surface area contributed by atoms with Gasteiger partial charge in [0.25, 0.3) is 0 Å². The monoisotopic (exact) mass is 579 g/mol. The Labute approximate surface area is 243 Å². The second-order valence-corrected chi connectivity index (χ2v) is 11.2. The largest absolute Gasteiger partial charge is 0.480 e. The first kappa shape index (κ1) is 30.1. The number of aromatic amines is 1. The summed E-state index contributed by atoms with van der Waals surface area (Å²) < 4.78 is 0. The van der Waals surface area contributed by atoms with Gasteiger partial charge >= 0.3 is 5.97 Å². The SMILES string of the molecule is CSCCC(NC(=O)C(Cc1c[nH]c2ccccc12)NC(=O)C1CCCN1)C(=O)NC(Cc1ccccc1)C(=O)O. The summed E-state index contributed by atoms with van der Waals surface area (Å²) in [5.74, 6) is -1.93. The van der Waals surface area contributed by atoms with Crippen LogP contribution in [0.4, 0.5) is 0 Å². The zero-order valence-corrected chi connectivity index (χ0v) is 23.8. The number of aromatic nitrogens is 1. The topological polar surface area (TPSA) is 152 Å². The Kier molecular flexibility index (Phi) is 10.8. The Hall–Kier alpha value is -3.83. The molecule has 0 bridgehead atoms. The number of H-pyrrole nitrogens is 1. The quantitative estimate of drug-likeness (QED) is 0.171. The lowest BCUT2D eigenvalue weighted by molar-refractivity contribution is -0.142. The molecule has 218 valence electrons. The number of para-hydroxylation sites is 1. The molecule has 2 aromatic carbocycles. The van der Waals surface area contributed by atoms with E-state index in [4.69, 9.17) is 0 Å². The van der Waals surface area contributed by atoms with Gasteiger partial charge in [0.1, 0.15) is 18.1 Å². The molecule has 1 aromatic heterocycles. The molecule has 1 saturated heterocycles. The minimum Gasteiger partial charge on any atom is -0.480 e. The number of thioether (sulfide) groups is 1. The minimum absolute atomic E-state index is 0.110. The van der Waals surface area contributed by atoms with Gasteiger partial charge in [-0.05, 0) is 55.0 Å². The highest BCUT2D eigenvalue weighted by Gasteiger charge is 2.32. The van der Waals surface area contributed by atoms with Crippen LogP contribution in [0.5, 0.6) is 0 Å². The lowest BCUT2D eigenvalue weighted by atomic mass is 10.0. The van der Waals surface area contributed by atoms with Gasteiger partial charge in [0.2, 0.25) is 17.7 Å². The number of carboxylic acid groups (broad SMARTS) is 1. The molecule has 6 N–H and O–H groups in total. The van der Waals surface area contributed by atoms with Crippen molar-refractivity contribution in [2.75, 3.05) is 18.6 Å². The number of hydrogen-bond acceptors (Lipinski definition) is 6. The third-order valence-corrected chi connectivity index (χ3v) is 7.89. The number of hydrogen-bond donors (Lipinski definition) is 6. The molecule has 11 heteroatoms. The Balaban J connectivity index is 1.51. The molecule has 4 atom stereocenters. The van der Waals surface area contributed by atoms with Crippen LogP contribution < -0.4 is 21.3 Å². The van der Waals surface area contributed by atoms with Crippen LogP contribution in [0.25, 0.3) is 10.9 Å². The van der Waals surface area contributed by atoms with E-state index in [1.165, 1.54) is 11.8 Å². The Morgan fingerprint density at radius 1 is 0.927 bits per heavy atom. The van der Waals surface area contributed by atoms with Gasteiger partial charge in [-0.25, -0.2) is 4.79 Å². The zero-order chi connectivity index (χ0) is 29.2. The van der Waals surface area contributed by atoms with Crippen molar-refractivity contribution < 1.29 is 24.3 Å². The van der Waals surface area contributed by atoms with Crippen LogP contribution in [0, 0.1) is 0 Å². The van der Waals surface area contributed by atoms with Gasteiger partial charge in [0, 0.05) is 29.9 Å². The summed E-state index contributed by atoms with van der Waals surface area (Å²) >= 11 is 1.51. The van der Waals surface area contributed by atoms with Crippen LogP contribution >= 0.6 is 11.8 Å². The molecule has 10 nitrogen and oxygen atoms in total. The maximum atomic E-state index is 13.7. The number of carbonyl (C=O) groups excluding carboxylic acids is 3. The first-order chi connectivity index (χ1) is 19.9. The molecular weight excluding hydrogens is 542 g/mol. The van der Waals surface area contributed by atoms with Crippen molar-refractivity contribution in [3.63, 3.8) is 0 Å². The van der Waals surface area contributed by atoms with E-state index in [0.717, 1.165) is 35.0 Å². The fraction of sp³-hybridized carbons (Fsp3) is 0.400. The molecule has 4 rings (SSSR count). The molecule has 1 aliphatic heterocycles. The zero-order valence-electron chi connectivity index (χ0n) is 23.0. The van der Waals surface area contributed by atoms with Crippen molar-refractivity contribution in [2.24, 2.45) is 0 Å². The van der Waals surface area contributed by atoms with E-state index in [2.05, 4.69) is 26.3 Å². The number of nitrogens with one attached hydrogen (secondary N) is 5. The van der Waals surface area contributed by atoms with Crippen molar-refractivity contribution in [1.82, 2.24) is 26.3 Å². The van der Waals surface area contributed by atoms with E-state index in [9.17, 15) is 24.3 Å². The van der Waals surface area contributed by atoms with Crippen molar-refractivity contribution in [2.45, 2.75) is 56.3 Å². The molecule has 4 unspecified atom stereocenters. The maximum absolute atomic E-state index is 13.7. The first-order valence-corrected chi connectivity index (χ1v) is 15.2. The van der Waals surface area contributed by atoms with Crippen LogP contribution in [-0.4, -0.2) is 76.5 Å². The molecule has 0 saturated carbocycles. The lowest BCUT2D eigenvalue weighted by Crippen LogP contribution is -2.57. The number of carbonyl (C=O) groups is 4. The molecule has 1 aliphatic rings. The molecule has 3 amide bonds. The van der Waals surface area contributed by atoms with Crippen LogP contribution in [0.2, 0.25) is 0 Å². The predicted molar refractivity (Wildman–Crippen MR) is 160 cm³/mol. The fourth-order valence-electron chi connectivity index (χ4n) is 5.01. The second kappa shape index (κ2) is 14.7. The van der Waals surface area contributed by atoms with Crippen LogP contribution in [0.1, 0.15) is 30.4 Å². The average Bonchev–Trinajstić information content (AvgIpc) is 3.66. The highest BCUT2D eigenvalue weighted by Crippen LogP contribution is 2.20. The van der Waals surface area contributed by atoms with Crippen molar-refractivity contribution >= 4 is 46.4 Å². The molecule has 0 radical (unpaired) electrons. The standard InChI is InChI=1S/C30H37N5O5S/c1-41-15-13-24(28(37)35-26(30(39)40)16-19-8-3-2-4-9-19)33-29(38)25(34-27(36)23-12-7-14-31-23)17-20-18-32-22-11-6-5-10-21(20)22/h2-6,8-11,18,23-26,31-32H,7,12-17H2,1H3,(H,33,38)(H,34,36)(H,35,37)(H,39,40). The molecule has 41 heavy (non-hydrogen) atoms. The molecule has 0 aliphatic carbocycles. The van der Waals surface area contributed by atoms with E-state index in [0.29, 0.717) is 18.6 Å². The van der Waals surface area contributed by atoms with Crippen LogP contribution in [0.15, 0.2) is 60.8 Å². The first-order valence-electron chi connectivity index (χ1n) is 13.8. The van der Waals surface area contributed by atoms with Gasteiger partial charge in [-0.1, -0.05) is 48.5 Å². The Bertz CT molecular complexity index is 1340. The second-order valence-electron chi connectivity index (χ2n) is 10.2. The number of aliphatic carboxylic acids is 1. The fourth-order valence-corrected chi connectivity index (χ4v) is 5.48. The number of carboxylic acids is 1. The van der Waals surface area contributed by atoms with Gasteiger partial charge in [-0.2, -0.15) is 11.8 Å². The Morgan fingerprint density at radius 3 is 2.34 bits per heavy atom. The normalized spacial score (nSPS) is 17.0. The number of amides is 3. The van der Waals surface area contributed by atoms with Gasteiger partial charge in [0.05, 0.1) is 6.04 Å². The van der Waals surface area contributed by atoms with E-state index in [-0.39, 0.29) is 24.8 Å². The maximum Gasteiger partial charge on any atom is 0.326 e. The average molecular weight is 580 g/mol. The van der Waals surface area contributed by atoms with Crippen molar-refractivity contribution in [1.29, 1.82) is 0 Å². The summed E-state index contributed by atoms with van der Waals surface area (Å²) in [5.41, 5.74) is 2.55. The highest BCUT2D eigenvalue weighted by atomic mass is 32.2. The summed E-state index contributed by atoms with van der Waals surface area (Å²) in [6, 6.07) is 13.3. The van der Waals surface area contributed by atoms with Gasteiger partial charge < -0.3 is 31.4 Å². The predicted octanol–water partition coefficient (Wildman–Crippen LogP) is 2.00. The third kappa shape index (κ3) is 8.34. The summed E-state index contributed by atoms with van der Waals surface area (Å²) in [5, 5.41) is 22.2. The smallest absolute Gasteiger partial charge is 0.326 e. The van der Waals surface area contributed by atoms with Gasteiger partial charge in [0.15, 0.2) is 0 Å². The third-order valence-electron chi connectivity index (χ3n) is 7.25.